The van der Waals surface area contributed by atoms with Gasteiger partial charge in [0.05, 0.1) is 11.3 Å². The zero-order valence-electron chi connectivity index (χ0n) is 11.5. The van der Waals surface area contributed by atoms with Gasteiger partial charge in [0.1, 0.15) is 5.60 Å². The summed E-state index contributed by atoms with van der Waals surface area (Å²) >= 11 is 0. The second-order valence-corrected chi connectivity index (χ2v) is 5.64. The summed E-state index contributed by atoms with van der Waals surface area (Å²) in [5, 5.41) is 2.61. The number of nitrogens with one attached hydrogen (secondary N) is 1. The minimum atomic E-state index is -1.04. The minimum Gasteiger partial charge on any atom is -0.450 e. The summed E-state index contributed by atoms with van der Waals surface area (Å²) in [6.45, 7) is 3.27. The number of amides is 1. The molecule has 110 valence electrons. The average Bonchev–Trinajstić information content (AvgIpc) is 2.62. The van der Waals surface area contributed by atoms with Crippen LogP contribution < -0.4 is 5.32 Å². The molecule has 1 atom stereocenters. The van der Waals surface area contributed by atoms with Gasteiger partial charge in [0, 0.05) is 12.3 Å². The van der Waals surface area contributed by atoms with E-state index in [4.69, 9.17) is 4.74 Å². The van der Waals surface area contributed by atoms with Gasteiger partial charge in [-0.05, 0) is 25.5 Å². The fraction of sp³-hybridized carbons (Fsp3) is 0.333. The molecule has 0 spiro atoms. The van der Waals surface area contributed by atoms with Gasteiger partial charge in [0.15, 0.2) is 11.6 Å². The Morgan fingerprint density at radius 1 is 1.29 bits per heavy atom. The highest BCUT2D eigenvalue weighted by atomic mass is 19.2. The Morgan fingerprint density at radius 3 is 2.71 bits per heavy atom. The second-order valence-electron chi connectivity index (χ2n) is 5.64. The monoisotopic (exact) mass is 293 g/mol. The van der Waals surface area contributed by atoms with E-state index in [1.54, 1.807) is 13.8 Å². The standard InChI is InChI=1S/C15H13F2NO3/c1-15(2)13-11(14(20)21-15)8(6-10(19)18-13)7-4-3-5-9(16)12(7)17/h3-5,8H,6H2,1-2H3,(H,18,19)/t8-/m0/s1. The van der Waals surface area contributed by atoms with Gasteiger partial charge >= 0.3 is 5.97 Å². The molecule has 1 N–H and O–H groups in total. The van der Waals surface area contributed by atoms with Gasteiger partial charge in [0.2, 0.25) is 5.91 Å². The fourth-order valence-corrected chi connectivity index (χ4v) is 2.83. The molecule has 2 aliphatic rings. The number of carbonyl (C=O) groups is 2. The number of hydrogen-bond donors (Lipinski definition) is 1. The number of rotatable bonds is 1. The van der Waals surface area contributed by atoms with Crippen molar-refractivity contribution in [1.82, 2.24) is 5.32 Å². The zero-order chi connectivity index (χ0) is 15.4. The number of cyclic esters (lactones) is 1. The summed E-state index contributed by atoms with van der Waals surface area (Å²) in [7, 11) is 0. The van der Waals surface area contributed by atoms with Gasteiger partial charge in [-0.15, -0.1) is 0 Å². The molecule has 0 radical (unpaired) electrons. The predicted octanol–water partition coefficient (Wildman–Crippen LogP) is 2.16. The molecule has 4 nitrogen and oxygen atoms in total. The largest absolute Gasteiger partial charge is 0.450 e. The highest BCUT2D eigenvalue weighted by Gasteiger charge is 2.48. The molecule has 0 aliphatic carbocycles. The van der Waals surface area contributed by atoms with Crippen LogP contribution in [0.3, 0.4) is 0 Å². The van der Waals surface area contributed by atoms with E-state index >= 15 is 0 Å². The molecule has 0 saturated carbocycles. The maximum absolute atomic E-state index is 14.0. The lowest BCUT2D eigenvalue weighted by Gasteiger charge is -2.27. The fourth-order valence-electron chi connectivity index (χ4n) is 2.83. The Hall–Kier alpha value is -2.24. The van der Waals surface area contributed by atoms with Crippen LogP contribution in [-0.4, -0.2) is 17.5 Å². The van der Waals surface area contributed by atoms with Crippen LogP contribution in [0, 0.1) is 11.6 Å². The first-order chi connectivity index (χ1) is 9.81. The van der Waals surface area contributed by atoms with Crippen molar-refractivity contribution in [3.05, 3.63) is 46.7 Å². The first-order valence-corrected chi connectivity index (χ1v) is 6.53. The van der Waals surface area contributed by atoms with Crippen molar-refractivity contribution in [3.63, 3.8) is 0 Å². The molecule has 0 fully saturated rings. The van der Waals surface area contributed by atoms with Gasteiger partial charge < -0.3 is 10.1 Å². The SMILES string of the molecule is CC1(C)OC(=O)C2=C1NC(=O)C[C@H]2c1cccc(F)c1F. The van der Waals surface area contributed by atoms with E-state index in [-0.39, 0.29) is 23.5 Å². The highest BCUT2D eigenvalue weighted by Crippen LogP contribution is 2.43. The molecule has 1 amide bonds. The first-order valence-electron chi connectivity index (χ1n) is 6.53. The van der Waals surface area contributed by atoms with Crippen LogP contribution in [0.4, 0.5) is 8.78 Å². The van der Waals surface area contributed by atoms with Crippen LogP contribution in [0.15, 0.2) is 29.5 Å². The molecule has 0 saturated heterocycles. The number of halogens is 2. The van der Waals surface area contributed by atoms with Crippen molar-refractivity contribution in [2.75, 3.05) is 0 Å². The lowest BCUT2D eigenvalue weighted by Crippen LogP contribution is -2.38. The molecule has 1 aromatic carbocycles. The third kappa shape index (κ3) is 2.02. The van der Waals surface area contributed by atoms with E-state index < -0.39 is 29.1 Å². The molecule has 0 bridgehead atoms. The van der Waals surface area contributed by atoms with Gasteiger partial charge in [0.25, 0.3) is 0 Å². The Bertz CT molecular complexity index is 694. The molecule has 3 rings (SSSR count). The quantitative estimate of drug-likeness (QED) is 0.807. The topological polar surface area (TPSA) is 55.4 Å². The molecule has 2 aliphatic heterocycles. The van der Waals surface area contributed by atoms with Crippen LogP contribution in [0.2, 0.25) is 0 Å². The molecule has 6 heteroatoms. The van der Waals surface area contributed by atoms with Crippen LogP contribution in [0.5, 0.6) is 0 Å². The van der Waals surface area contributed by atoms with Gasteiger partial charge in [-0.3, -0.25) is 4.79 Å². The number of esters is 1. The van der Waals surface area contributed by atoms with Crippen molar-refractivity contribution in [1.29, 1.82) is 0 Å². The van der Waals surface area contributed by atoms with Crippen molar-refractivity contribution in [3.8, 4) is 0 Å². The van der Waals surface area contributed by atoms with E-state index in [9.17, 15) is 18.4 Å². The van der Waals surface area contributed by atoms with Gasteiger partial charge in [-0.1, -0.05) is 12.1 Å². The van der Waals surface area contributed by atoms with E-state index in [0.717, 1.165) is 6.07 Å². The summed E-state index contributed by atoms with van der Waals surface area (Å²) in [5.74, 6) is -3.84. The van der Waals surface area contributed by atoms with Crippen LogP contribution in [-0.2, 0) is 14.3 Å². The number of carbonyl (C=O) groups excluding carboxylic acids is 2. The Morgan fingerprint density at radius 2 is 2.00 bits per heavy atom. The molecule has 0 unspecified atom stereocenters. The van der Waals surface area contributed by atoms with Gasteiger partial charge in [-0.25, -0.2) is 13.6 Å². The average molecular weight is 293 g/mol. The van der Waals surface area contributed by atoms with Crippen LogP contribution in [0.25, 0.3) is 0 Å². The van der Waals surface area contributed by atoms with Crippen molar-refractivity contribution in [2.45, 2.75) is 31.8 Å². The number of hydrogen-bond acceptors (Lipinski definition) is 3. The van der Waals surface area contributed by atoms with E-state index in [1.165, 1.54) is 12.1 Å². The van der Waals surface area contributed by atoms with Crippen molar-refractivity contribution >= 4 is 11.9 Å². The third-order valence-electron chi connectivity index (χ3n) is 3.80. The lowest BCUT2D eigenvalue weighted by atomic mass is 9.82. The summed E-state index contributed by atoms with van der Waals surface area (Å²) in [4.78, 5) is 23.9. The normalized spacial score (nSPS) is 23.7. The Kier molecular flexibility index (Phi) is 2.86. The predicted molar refractivity (Wildman–Crippen MR) is 69.1 cm³/mol. The molecular weight excluding hydrogens is 280 g/mol. The maximum atomic E-state index is 14.0. The maximum Gasteiger partial charge on any atom is 0.337 e. The van der Waals surface area contributed by atoms with Gasteiger partial charge in [-0.2, -0.15) is 0 Å². The first kappa shape index (κ1) is 13.7. The molecule has 2 heterocycles. The summed E-state index contributed by atoms with van der Waals surface area (Å²) in [5.41, 5.74) is -0.460. The summed E-state index contributed by atoms with van der Waals surface area (Å²) in [6.07, 6.45) is -0.121. The smallest absolute Gasteiger partial charge is 0.337 e. The van der Waals surface area contributed by atoms with Crippen LogP contribution in [0.1, 0.15) is 31.7 Å². The molecule has 21 heavy (non-hydrogen) atoms. The third-order valence-corrected chi connectivity index (χ3v) is 3.80. The zero-order valence-corrected chi connectivity index (χ0v) is 11.5. The molecular formula is C15H13F2NO3. The summed E-state index contributed by atoms with van der Waals surface area (Å²) < 4.78 is 32.6. The Labute approximate surface area is 119 Å². The molecule has 1 aromatic rings. The van der Waals surface area contributed by atoms with E-state index in [0.29, 0.717) is 5.70 Å². The van der Waals surface area contributed by atoms with E-state index in [1.807, 2.05) is 0 Å². The number of ether oxygens (including phenoxy) is 1. The van der Waals surface area contributed by atoms with E-state index in [2.05, 4.69) is 5.32 Å². The number of benzene rings is 1. The van der Waals surface area contributed by atoms with Crippen molar-refractivity contribution in [2.24, 2.45) is 0 Å². The lowest BCUT2D eigenvalue weighted by molar-refractivity contribution is -0.144. The summed E-state index contributed by atoms with van der Waals surface area (Å²) in [6, 6.07) is 3.73. The second kappa shape index (κ2) is 4.38. The molecule has 0 aromatic heterocycles. The van der Waals surface area contributed by atoms with Crippen LogP contribution >= 0.6 is 0 Å². The Balaban J connectivity index is 2.18. The minimum absolute atomic E-state index is 0.00741. The van der Waals surface area contributed by atoms with Crippen molar-refractivity contribution < 1.29 is 23.1 Å². The highest BCUT2D eigenvalue weighted by molar-refractivity contribution is 5.99.